The molecular weight excluding hydrogens is 440 g/mol. The highest BCUT2D eigenvalue weighted by Gasteiger charge is 2.48. The third kappa shape index (κ3) is 5.12. The van der Waals surface area contributed by atoms with Crippen LogP contribution in [0.5, 0.6) is 0 Å². The molecule has 3 unspecified atom stereocenters. The largest absolute Gasteiger partial charge is 0.368 e. The number of hydrogen-bond donors (Lipinski definition) is 1. The zero-order chi connectivity index (χ0) is 23.8. The second-order valence-electron chi connectivity index (χ2n) is 9.76. The lowest BCUT2D eigenvalue weighted by Crippen LogP contribution is -2.53. The number of rotatable bonds is 5. The molecule has 0 aromatic heterocycles. The van der Waals surface area contributed by atoms with E-state index in [-0.39, 0.29) is 35.7 Å². The summed E-state index contributed by atoms with van der Waals surface area (Å²) in [6.45, 7) is 6.81. The highest BCUT2D eigenvalue weighted by Crippen LogP contribution is 2.28. The van der Waals surface area contributed by atoms with Crippen LogP contribution in [0, 0.1) is 0 Å². The Morgan fingerprint density at radius 1 is 1.12 bits per heavy atom. The number of carbonyl (C=O) groups excluding carboxylic acids is 3. The van der Waals surface area contributed by atoms with Crippen molar-refractivity contribution in [1.29, 1.82) is 0 Å². The molecule has 1 N–H and O–H groups in total. The summed E-state index contributed by atoms with van der Waals surface area (Å²) in [6, 6.07) is 13.2. The Kier molecular flexibility index (Phi) is 6.59. The third-order valence-electron chi connectivity index (χ3n) is 6.36. The fraction of sp³-hybridized carbons (Fsp3) is 0.423. The third-order valence-corrected chi connectivity index (χ3v) is 6.62. The molecule has 0 aliphatic carbocycles. The smallest absolute Gasteiger partial charge is 0.251 e. The summed E-state index contributed by atoms with van der Waals surface area (Å²) < 4.78 is 5.52. The monoisotopic (exact) mass is 468 g/mol. The van der Waals surface area contributed by atoms with Crippen LogP contribution in [-0.4, -0.2) is 53.8 Å². The van der Waals surface area contributed by atoms with Crippen LogP contribution in [0.1, 0.15) is 48.7 Å². The van der Waals surface area contributed by atoms with Gasteiger partial charge in [-0.3, -0.25) is 14.4 Å². The predicted molar refractivity (Wildman–Crippen MR) is 126 cm³/mol. The number of ether oxygens (including phenoxy) is 1. The van der Waals surface area contributed by atoms with Gasteiger partial charge in [-0.05, 0) is 47.2 Å². The van der Waals surface area contributed by atoms with Gasteiger partial charge >= 0.3 is 0 Å². The van der Waals surface area contributed by atoms with Gasteiger partial charge < -0.3 is 15.0 Å². The number of ketones is 1. The number of carbonyl (C=O) groups is 3. The number of fused-ring (bicyclic) bond motifs is 1. The van der Waals surface area contributed by atoms with E-state index in [1.54, 1.807) is 29.2 Å². The summed E-state index contributed by atoms with van der Waals surface area (Å²) in [5, 5.41) is 3.51. The van der Waals surface area contributed by atoms with E-state index in [0.29, 0.717) is 30.0 Å². The van der Waals surface area contributed by atoms with Crippen molar-refractivity contribution in [3.63, 3.8) is 0 Å². The molecule has 2 heterocycles. The Hall–Kier alpha value is -2.70. The molecule has 2 saturated heterocycles. The molecule has 2 amide bonds. The van der Waals surface area contributed by atoms with Crippen molar-refractivity contribution in [2.24, 2.45) is 0 Å². The van der Waals surface area contributed by atoms with Crippen molar-refractivity contribution in [3.05, 3.63) is 70.2 Å². The van der Waals surface area contributed by atoms with Crippen LogP contribution in [0.4, 0.5) is 0 Å². The second kappa shape index (κ2) is 9.27. The van der Waals surface area contributed by atoms with Crippen LogP contribution in [0.15, 0.2) is 48.5 Å². The molecule has 4 rings (SSSR count). The highest BCUT2D eigenvalue weighted by atomic mass is 35.5. The minimum absolute atomic E-state index is 0.0235. The lowest BCUT2D eigenvalue weighted by molar-refractivity contribution is -0.138. The molecule has 0 spiro atoms. The molecule has 3 atom stereocenters. The molecule has 2 aliphatic heterocycles. The lowest BCUT2D eigenvalue weighted by atomic mass is 9.86. The van der Waals surface area contributed by atoms with Gasteiger partial charge in [0.25, 0.3) is 5.91 Å². The summed E-state index contributed by atoms with van der Waals surface area (Å²) in [5.74, 6) is -0.677. The van der Waals surface area contributed by atoms with E-state index in [4.69, 9.17) is 16.3 Å². The second-order valence-corrected chi connectivity index (χ2v) is 10.2. The minimum atomic E-state index is -0.812. The Morgan fingerprint density at radius 3 is 2.42 bits per heavy atom. The van der Waals surface area contributed by atoms with Crippen molar-refractivity contribution < 1.29 is 19.1 Å². The molecule has 0 bridgehead atoms. The number of likely N-dealkylation sites (tertiary alicyclic amines) is 1. The fourth-order valence-corrected chi connectivity index (χ4v) is 4.59. The zero-order valence-electron chi connectivity index (χ0n) is 19.1. The molecule has 174 valence electrons. The number of hydrogen-bond acceptors (Lipinski definition) is 4. The van der Waals surface area contributed by atoms with E-state index in [1.807, 2.05) is 24.3 Å². The van der Waals surface area contributed by atoms with Gasteiger partial charge in [0.15, 0.2) is 5.78 Å². The number of nitrogens with zero attached hydrogens (tertiary/aromatic N) is 1. The maximum absolute atomic E-state index is 13.5. The van der Waals surface area contributed by atoms with Crippen LogP contribution < -0.4 is 5.32 Å². The molecule has 33 heavy (non-hydrogen) atoms. The van der Waals surface area contributed by atoms with E-state index in [1.165, 1.54) is 0 Å². The van der Waals surface area contributed by atoms with Gasteiger partial charge in [-0.25, -0.2) is 0 Å². The number of nitrogens with one attached hydrogen (secondary N) is 1. The van der Waals surface area contributed by atoms with E-state index in [0.717, 1.165) is 11.1 Å². The molecular formula is C26H29ClN2O4. The van der Waals surface area contributed by atoms with E-state index in [2.05, 4.69) is 26.1 Å². The molecule has 2 fully saturated rings. The maximum Gasteiger partial charge on any atom is 0.251 e. The number of amides is 2. The molecule has 0 radical (unpaired) electrons. The first kappa shape index (κ1) is 23.5. The normalized spacial score (nSPS) is 21.1. The topological polar surface area (TPSA) is 75.7 Å². The fourth-order valence-electron chi connectivity index (χ4n) is 4.46. The van der Waals surface area contributed by atoms with E-state index in [9.17, 15) is 14.4 Å². The average Bonchev–Trinajstić information content (AvgIpc) is 3.37. The van der Waals surface area contributed by atoms with Crippen molar-refractivity contribution in [3.8, 4) is 0 Å². The summed E-state index contributed by atoms with van der Waals surface area (Å²) in [6.07, 6.45) is 0.668. The van der Waals surface area contributed by atoms with Gasteiger partial charge in [-0.2, -0.15) is 0 Å². The van der Waals surface area contributed by atoms with Crippen molar-refractivity contribution in [2.75, 3.05) is 13.2 Å². The van der Waals surface area contributed by atoms with Gasteiger partial charge in [0.2, 0.25) is 5.91 Å². The van der Waals surface area contributed by atoms with Gasteiger partial charge in [0.05, 0.1) is 6.10 Å². The molecule has 0 saturated carbocycles. The van der Waals surface area contributed by atoms with Crippen LogP contribution in [-0.2, 0) is 26.2 Å². The van der Waals surface area contributed by atoms with Crippen LogP contribution in [0.2, 0.25) is 5.02 Å². The first-order valence-electron chi connectivity index (χ1n) is 11.2. The van der Waals surface area contributed by atoms with Gasteiger partial charge in [0.1, 0.15) is 18.7 Å². The van der Waals surface area contributed by atoms with Gasteiger partial charge in [0, 0.05) is 23.6 Å². The Morgan fingerprint density at radius 2 is 1.79 bits per heavy atom. The lowest BCUT2D eigenvalue weighted by Gasteiger charge is -2.28. The first-order valence-corrected chi connectivity index (χ1v) is 11.6. The summed E-state index contributed by atoms with van der Waals surface area (Å²) in [5.41, 5.74) is 2.45. The quantitative estimate of drug-likeness (QED) is 0.728. The van der Waals surface area contributed by atoms with Crippen LogP contribution >= 0.6 is 11.6 Å². The Bertz CT molecular complexity index is 1040. The molecule has 2 aromatic carbocycles. The number of benzene rings is 2. The number of Topliss-reactive ketones (excluding diaryl/α,β-unsaturated/α-hetero) is 1. The summed E-state index contributed by atoms with van der Waals surface area (Å²) in [7, 11) is 0. The zero-order valence-corrected chi connectivity index (χ0v) is 19.9. The highest BCUT2D eigenvalue weighted by molar-refractivity contribution is 6.30. The molecule has 2 aliphatic rings. The maximum atomic E-state index is 13.5. The van der Waals surface area contributed by atoms with Crippen molar-refractivity contribution in [2.45, 2.75) is 57.2 Å². The summed E-state index contributed by atoms with van der Waals surface area (Å²) in [4.78, 5) is 40.5. The number of halogens is 1. The molecule has 6 nitrogen and oxygen atoms in total. The molecule has 7 heteroatoms. The Balaban J connectivity index is 1.56. The SMILES string of the molecule is CC(C)(C)c1ccc(C(=O)NC(Cc2ccc(Cl)cc2)C(=O)N2CCC3OCC(=O)C32)cc1. The van der Waals surface area contributed by atoms with Crippen LogP contribution in [0.3, 0.4) is 0 Å². The molecule has 2 aromatic rings. The first-order chi connectivity index (χ1) is 15.6. The van der Waals surface area contributed by atoms with Gasteiger partial charge in [-0.1, -0.05) is 56.6 Å². The van der Waals surface area contributed by atoms with Crippen molar-refractivity contribution in [1.82, 2.24) is 10.2 Å². The standard InChI is InChI=1S/C26H29ClN2O4/c1-26(2,3)18-8-6-17(7-9-18)24(31)28-20(14-16-4-10-19(27)11-5-16)25(32)29-13-12-22-23(29)21(30)15-33-22/h4-11,20,22-23H,12-15H2,1-3H3,(H,28,31). The Labute approximate surface area is 199 Å². The predicted octanol–water partition coefficient (Wildman–Crippen LogP) is 3.55. The van der Waals surface area contributed by atoms with Crippen LogP contribution in [0.25, 0.3) is 0 Å². The minimum Gasteiger partial charge on any atom is -0.368 e. The average molecular weight is 469 g/mol. The van der Waals surface area contributed by atoms with Crippen molar-refractivity contribution >= 4 is 29.2 Å². The van der Waals surface area contributed by atoms with E-state index >= 15 is 0 Å². The van der Waals surface area contributed by atoms with E-state index < -0.39 is 12.1 Å². The summed E-state index contributed by atoms with van der Waals surface area (Å²) >= 11 is 6.00. The van der Waals surface area contributed by atoms with Gasteiger partial charge in [-0.15, -0.1) is 0 Å².